The summed E-state index contributed by atoms with van der Waals surface area (Å²) in [5, 5.41) is 22.3. The minimum atomic E-state index is -2.31. The van der Waals surface area contributed by atoms with Gasteiger partial charge in [-0.1, -0.05) is 51.5 Å². The fourth-order valence-corrected chi connectivity index (χ4v) is 9.56. The zero-order chi connectivity index (χ0) is 37.5. The average molecular weight is 732 g/mol. The van der Waals surface area contributed by atoms with Crippen LogP contribution in [0, 0.1) is 52.3 Å². The number of aromatic amines is 1. The van der Waals surface area contributed by atoms with Gasteiger partial charge in [0.15, 0.2) is 23.3 Å². The molecular formula is C40H50F5N3O4. The van der Waals surface area contributed by atoms with Gasteiger partial charge in [0.1, 0.15) is 17.6 Å². The normalized spacial score (nSPS) is 29.6. The lowest BCUT2D eigenvalue weighted by Gasteiger charge is -2.44. The number of benzene rings is 1. The van der Waals surface area contributed by atoms with E-state index >= 15 is 0 Å². The molecular weight excluding hydrogens is 681 g/mol. The molecule has 0 unspecified atom stereocenters. The number of halogens is 5. The van der Waals surface area contributed by atoms with Crippen LogP contribution in [0.3, 0.4) is 0 Å². The van der Waals surface area contributed by atoms with Gasteiger partial charge in [-0.05, 0) is 105 Å². The van der Waals surface area contributed by atoms with Crippen LogP contribution >= 0.6 is 0 Å². The van der Waals surface area contributed by atoms with Gasteiger partial charge in [-0.25, -0.2) is 31.7 Å². The second-order valence-corrected chi connectivity index (χ2v) is 15.8. The number of rotatable bonds is 11. The Hall–Kier alpha value is -3.51. The predicted octanol–water partition coefficient (Wildman–Crippen LogP) is 9.26. The highest BCUT2D eigenvalue weighted by Crippen LogP contribution is 2.60. The van der Waals surface area contributed by atoms with E-state index in [2.05, 4.69) is 31.5 Å². The van der Waals surface area contributed by atoms with Crippen LogP contribution in [-0.2, 0) is 16.6 Å². The second kappa shape index (κ2) is 15.1. The first kappa shape index (κ1) is 38.2. The summed E-state index contributed by atoms with van der Waals surface area (Å²) in [6.07, 6.45) is 12.6. The van der Waals surface area contributed by atoms with Crippen molar-refractivity contribution >= 4 is 11.8 Å². The van der Waals surface area contributed by atoms with Gasteiger partial charge in [0.25, 0.3) is 0 Å². The fraction of sp³-hybridized carbons (Fsp3) is 0.600. The highest BCUT2D eigenvalue weighted by molar-refractivity contribution is 5.85. The predicted molar refractivity (Wildman–Crippen MR) is 187 cm³/mol. The molecule has 1 heterocycles. The van der Waals surface area contributed by atoms with Crippen molar-refractivity contribution in [2.24, 2.45) is 23.2 Å². The first-order chi connectivity index (χ1) is 24.7. The van der Waals surface area contributed by atoms with Crippen LogP contribution in [0.25, 0.3) is 0 Å². The van der Waals surface area contributed by atoms with Gasteiger partial charge in [0.2, 0.25) is 5.82 Å². The standard InChI is InChI=1S/C40H50F5N3O4/c1-5-7-25-20-46-37(47-25)40(16-17-40)30(52-38(51)48-36-34(44)32(42)31(41)33(43)35(36)45)14-9-21(2)27-12-13-28-23(8-6-15-39(27,28)4)10-11-24-18-26(49)19-29(50)22(24)3/h10-11,20-21,26-30,49-50H,3,5-9,12-19H2,1-2,4H3,(H,46,47)(H,48,51)/b23-10+,24-11-/t21-,26-,27-,28+,29+,30-,39-/m1/s1. The first-order valence-corrected chi connectivity index (χ1v) is 18.7. The van der Waals surface area contributed by atoms with Gasteiger partial charge in [-0.3, -0.25) is 5.32 Å². The molecule has 4 aliphatic carbocycles. The van der Waals surface area contributed by atoms with Gasteiger partial charge < -0.3 is 19.9 Å². The van der Waals surface area contributed by atoms with Crippen molar-refractivity contribution in [2.75, 3.05) is 5.32 Å². The molecule has 12 heteroatoms. The number of hydrogen-bond acceptors (Lipinski definition) is 5. The Balaban J connectivity index is 1.19. The number of aliphatic hydroxyl groups is 2. The molecule has 4 fully saturated rings. The Morgan fingerprint density at radius 3 is 2.44 bits per heavy atom. The number of carbonyl (C=O) groups is 1. The summed E-state index contributed by atoms with van der Waals surface area (Å²) in [5.41, 5.74) is 1.71. The number of aliphatic hydroxyl groups excluding tert-OH is 2. The second-order valence-electron chi connectivity index (χ2n) is 15.8. The van der Waals surface area contributed by atoms with Gasteiger partial charge in [0, 0.05) is 12.6 Å². The summed E-state index contributed by atoms with van der Waals surface area (Å²) in [5.74, 6) is -9.28. The number of aryl methyl sites for hydroxylation is 1. The molecule has 52 heavy (non-hydrogen) atoms. The summed E-state index contributed by atoms with van der Waals surface area (Å²) in [6.45, 7) is 10.7. The SMILES string of the molecule is C=C1/C(=C\C=C2/CCC[C@]3(C)[C@@H]([C@H](C)CC[C@@H](OC(=O)Nc4c(F)c(F)c(F)c(F)c4F)C4(c5nc(CCC)c[nH]5)CC4)CC[C@@H]23)C[C@@H](O)C[C@@H]1O. The highest BCUT2D eigenvalue weighted by Gasteiger charge is 2.56. The molecule has 4 N–H and O–H groups in total. The van der Waals surface area contributed by atoms with Crippen LogP contribution in [0.15, 0.2) is 41.6 Å². The molecule has 1 aromatic heterocycles. The monoisotopic (exact) mass is 731 g/mol. The van der Waals surface area contributed by atoms with Crippen molar-refractivity contribution in [2.45, 2.75) is 128 Å². The molecule has 4 saturated carbocycles. The van der Waals surface area contributed by atoms with Crippen LogP contribution in [0.4, 0.5) is 32.4 Å². The number of nitrogens with zero attached hydrogens (tertiary/aromatic N) is 1. The summed E-state index contributed by atoms with van der Waals surface area (Å²) in [6, 6.07) is 0. The van der Waals surface area contributed by atoms with Gasteiger partial charge >= 0.3 is 6.09 Å². The number of aromatic nitrogens is 2. The summed E-state index contributed by atoms with van der Waals surface area (Å²) >= 11 is 0. The minimum absolute atomic E-state index is 0.0391. The molecule has 6 rings (SSSR count). The van der Waals surface area contributed by atoms with Crippen LogP contribution in [0.1, 0.15) is 109 Å². The van der Waals surface area contributed by atoms with E-state index in [0.717, 1.165) is 56.2 Å². The summed E-state index contributed by atoms with van der Waals surface area (Å²) in [4.78, 5) is 21.2. The van der Waals surface area contributed by atoms with Crippen molar-refractivity contribution in [3.05, 3.63) is 82.3 Å². The maximum atomic E-state index is 14.5. The minimum Gasteiger partial charge on any atom is -0.445 e. The average Bonchev–Trinajstić information content (AvgIpc) is 3.64. The quantitative estimate of drug-likeness (QED) is 0.105. The van der Waals surface area contributed by atoms with E-state index in [1.54, 1.807) is 5.32 Å². The van der Waals surface area contributed by atoms with Gasteiger partial charge in [-0.2, -0.15) is 0 Å². The van der Waals surface area contributed by atoms with Gasteiger partial charge in [-0.15, -0.1) is 0 Å². The lowest BCUT2D eigenvalue weighted by atomic mass is 9.60. The van der Waals surface area contributed by atoms with Crippen LogP contribution in [0.5, 0.6) is 0 Å². The third kappa shape index (κ3) is 7.21. The lowest BCUT2D eigenvalue weighted by Crippen LogP contribution is -2.37. The van der Waals surface area contributed by atoms with E-state index in [1.807, 2.05) is 19.2 Å². The van der Waals surface area contributed by atoms with Crippen molar-refractivity contribution in [3.63, 3.8) is 0 Å². The number of fused-ring (bicyclic) bond motifs is 1. The van der Waals surface area contributed by atoms with Crippen LogP contribution in [0.2, 0.25) is 0 Å². The number of hydrogen-bond donors (Lipinski definition) is 4. The number of imidazole rings is 1. The molecule has 7 atom stereocenters. The molecule has 1 aromatic carbocycles. The van der Waals surface area contributed by atoms with Gasteiger partial charge in [0.05, 0.1) is 23.3 Å². The topological polar surface area (TPSA) is 107 Å². The first-order valence-electron chi connectivity index (χ1n) is 18.7. The molecule has 4 aliphatic rings. The fourth-order valence-electron chi connectivity index (χ4n) is 9.56. The van der Waals surface area contributed by atoms with E-state index in [9.17, 15) is 37.0 Å². The smallest absolute Gasteiger partial charge is 0.412 e. The number of allylic oxidation sites excluding steroid dienone is 3. The van der Waals surface area contributed by atoms with Crippen molar-refractivity contribution in [1.82, 2.24) is 9.97 Å². The molecule has 7 nitrogen and oxygen atoms in total. The molecule has 284 valence electrons. The number of nitrogens with one attached hydrogen (secondary N) is 2. The zero-order valence-corrected chi connectivity index (χ0v) is 30.1. The van der Waals surface area contributed by atoms with E-state index in [-0.39, 0.29) is 11.3 Å². The molecule has 0 saturated heterocycles. The largest absolute Gasteiger partial charge is 0.445 e. The highest BCUT2D eigenvalue weighted by atomic mass is 19.2. The molecule has 2 aromatic rings. The number of ether oxygens (including phenoxy) is 1. The summed E-state index contributed by atoms with van der Waals surface area (Å²) < 4.78 is 76.3. The Bertz CT molecular complexity index is 1720. The van der Waals surface area contributed by atoms with E-state index < -0.39 is 64.6 Å². The zero-order valence-electron chi connectivity index (χ0n) is 30.1. The van der Waals surface area contributed by atoms with E-state index in [4.69, 9.17) is 9.72 Å². The summed E-state index contributed by atoms with van der Waals surface area (Å²) in [7, 11) is 0. The van der Waals surface area contributed by atoms with Crippen molar-refractivity contribution in [1.29, 1.82) is 0 Å². The lowest BCUT2D eigenvalue weighted by molar-refractivity contribution is 0.0577. The molecule has 0 spiro atoms. The molecule has 0 radical (unpaired) electrons. The third-order valence-electron chi connectivity index (χ3n) is 12.6. The van der Waals surface area contributed by atoms with Crippen LogP contribution < -0.4 is 5.32 Å². The molecule has 0 aliphatic heterocycles. The molecule has 0 bridgehead atoms. The number of amides is 1. The Labute approximate surface area is 301 Å². The Morgan fingerprint density at radius 1 is 1.08 bits per heavy atom. The third-order valence-corrected chi connectivity index (χ3v) is 12.6. The van der Waals surface area contributed by atoms with Crippen molar-refractivity contribution < 1.29 is 41.7 Å². The number of H-pyrrole nitrogens is 1. The van der Waals surface area contributed by atoms with E-state index in [0.29, 0.717) is 61.8 Å². The maximum absolute atomic E-state index is 14.5. The maximum Gasteiger partial charge on any atom is 0.412 e. The molecule has 1 amide bonds. The Morgan fingerprint density at radius 2 is 1.77 bits per heavy atom. The van der Waals surface area contributed by atoms with Crippen molar-refractivity contribution in [3.8, 4) is 0 Å². The van der Waals surface area contributed by atoms with E-state index in [1.165, 1.54) is 5.57 Å². The van der Waals surface area contributed by atoms with Crippen LogP contribution in [-0.4, -0.2) is 44.6 Å². The number of anilines is 1. The Kier molecular flexibility index (Phi) is 11.1. The number of carbonyl (C=O) groups excluding carboxylic acids is 1.